The molecule has 6 heteroatoms. The Morgan fingerprint density at radius 3 is 2.47 bits per heavy atom. The van der Waals surface area contributed by atoms with Crippen LogP contribution in [0.5, 0.6) is 0 Å². The van der Waals surface area contributed by atoms with E-state index in [0.717, 1.165) is 93.9 Å². The van der Waals surface area contributed by atoms with Crippen LogP contribution < -0.4 is 0 Å². The second kappa shape index (κ2) is 11.3. The summed E-state index contributed by atoms with van der Waals surface area (Å²) in [7, 11) is 2.19. The average molecular weight is 451 g/mol. The van der Waals surface area contributed by atoms with Crippen LogP contribution in [0.15, 0.2) is 42.5 Å². The first-order valence-corrected chi connectivity index (χ1v) is 12.5. The minimum Gasteiger partial charge on any atom is -0.330 e. The van der Waals surface area contributed by atoms with Gasteiger partial charge in [-0.2, -0.15) is 5.26 Å². The molecule has 2 aromatic rings. The van der Waals surface area contributed by atoms with Gasteiger partial charge in [-0.3, -0.25) is 9.80 Å². The van der Waals surface area contributed by atoms with Crippen LogP contribution in [0.1, 0.15) is 36.0 Å². The normalized spacial score (nSPS) is 21.2. The van der Waals surface area contributed by atoms with Gasteiger partial charge in [-0.05, 0) is 86.3 Å². The van der Waals surface area contributed by atoms with E-state index in [9.17, 15) is 9.81 Å². The van der Waals surface area contributed by atoms with Crippen molar-refractivity contribution in [2.45, 2.75) is 37.6 Å². The van der Waals surface area contributed by atoms with Crippen molar-refractivity contribution < 1.29 is 4.55 Å². The molecular formula is C26H34N4OS. The van der Waals surface area contributed by atoms with Gasteiger partial charge in [0.15, 0.2) is 0 Å². The van der Waals surface area contributed by atoms with Crippen LogP contribution in [-0.2, 0) is 13.1 Å². The molecule has 2 aliphatic heterocycles. The maximum atomic E-state index is 9.81. The van der Waals surface area contributed by atoms with Crippen molar-refractivity contribution in [3.05, 3.63) is 59.2 Å². The molecule has 0 amide bonds. The van der Waals surface area contributed by atoms with E-state index >= 15 is 0 Å². The van der Waals surface area contributed by atoms with Crippen LogP contribution in [0.25, 0.3) is 11.1 Å². The number of hydrogen-bond donors (Lipinski definition) is 1. The van der Waals surface area contributed by atoms with E-state index in [2.05, 4.69) is 70.3 Å². The van der Waals surface area contributed by atoms with E-state index in [1.54, 1.807) is 0 Å². The third-order valence-corrected chi connectivity index (χ3v) is 7.39. The Kier molecular flexibility index (Phi) is 8.23. The summed E-state index contributed by atoms with van der Waals surface area (Å²) in [4.78, 5) is 7.31. The predicted octanol–water partition coefficient (Wildman–Crippen LogP) is 4.53. The fraction of sp³-hybridized carbons (Fsp3) is 0.500. The first-order chi connectivity index (χ1) is 15.6. The van der Waals surface area contributed by atoms with Crippen molar-refractivity contribution in [3.63, 3.8) is 0 Å². The lowest BCUT2D eigenvalue weighted by Crippen LogP contribution is -2.36. The molecule has 0 saturated carbocycles. The van der Waals surface area contributed by atoms with Crippen LogP contribution >= 0.6 is 12.0 Å². The fourth-order valence-electron chi connectivity index (χ4n) is 4.84. The predicted molar refractivity (Wildman–Crippen MR) is 133 cm³/mol. The lowest BCUT2D eigenvalue weighted by Gasteiger charge is -2.31. The topological polar surface area (TPSA) is 53.7 Å². The number of piperidine rings is 1. The van der Waals surface area contributed by atoms with Gasteiger partial charge in [-0.15, -0.1) is 0 Å². The minimum absolute atomic E-state index is 0.329. The molecule has 0 bridgehead atoms. The Morgan fingerprint density at radius 2 is 1.69 bits per heavy atom. The highest BCUT2D eigenvalue weighted by Gasteiger charge is 2.20. The van der Waals surface area contributed by atoms with E-state index in [1.807, 2.05) is 0 Å². The number of nitrogens with zero attached hydrogens (tertiary/aromatic N) is 4. The van der Waals surface area contributed by atoms with Gasteiger partial charge in [-0.25, -0.2) is 0 Å². The number of benzene rings is 2. The van der Waals surface area contributed by atoms with Crippen LogP contribution in [0.3, 0.4) is 0 Å². The Bertz CT molecular complexity index is 926. The molecule has 1 atom stereocenters. The molecule has 0 aromatic heterocycles. The number of hydrogen-bond acceptors (Lipinski definition) is 6. The standard InChI is InChI=1S/C26H34N4OS/c1-28-11-3-13-29(15-14-28)19-22-7-10-26(24(16-22)17-27)23-8-5-21(6-9-23)18-30-12-2-4-25(20-30)32-31/h5-10,16,25,31H,2-4,11-15,18-20H2,1H3. The average Bonchev–Trinajstić information content (AvgIpc) is 3.03. The molecule has 1 unspecified atom stereocenters. The van der Waals surface area contributed by atoms with E-state index in [0.29, 0.717) is 5.25 Å². The lowest BCUT2D eigenvalue weighted by atomic mass is 9.97. The zero-order valence-corrected chi connectivity index (χ0v) is 19.9. The first-order valence-electron chi connectivity index (χ1n) is 11.7. The monoisotopic (exact) mass is 450 g/mol. The Hall–Kier alpha value is -1.88. The maximum absolute atomic E-state index is 9.81. The lowest BCUT2D eigenvalue weighted by molar-refractivity contribution is 0.224. The summed E-state index contributed by atoms with van der Waals surface area (Å²) in [5.41, 5.74) is 5.34. The Morgan fingerprint density at radius 1 is 0.938 bits per heavy atom. The summed E-state index contributed by atoms with van der Waals surface area (Å²) in [6.07, 6.45) is 3.43. The summed E-state index contributed by atoms with van der Waals surface area (Å²) in [6.45, 7) is 8.31. The summed E-state index contributed by atoms with van der Waals surface area (Å²) >= 11 is 0.999. The van der Waals surface area contributed by atoms with E-state index in [1.165, 1.54) is 17.5 Å². The highest BCUT2D eigenvalue weighted by Crippen LogP contribution is 2.27. The summed E-state index contributed by atoms with van der Waals surface area (Å²) in [5.74, 6) is 0. The fourth-order valence-corrected chi connectivity index (χ4v) is 5.39. The molecule has 2 saturated heterocycles. The minimum atomic E-state index is 0.329. The second-order valence-electron chi connectivity index (χ2n) is 9.23. The maximum Gasteiger partial charge on any atom is 0.0998 e. The van der Waals surface area contributed by atoms with Crippen LogP contribution in [-0.4, -0.2) is 70.8 Å². The molecule has 0 aliphatic carbocycles. The molecular weight excluding hydrogens is 416 g/mol. The smallest absolute Gasteiger partial charge is 0.0998 e. The van der Waals surface area contributed by atoms with Gasteiger partial charge in [0.25, 0.3) is 0 Å². The van der Waals surface area contributed by atoms with E-state index in [-0.39, 0.29) is 0 Å². The van der Waals surface area contributed by atoms with Gasteiger partial charge in [-0.1, -0.05) is 36.4 Å². The van der Waals surface area contributed by atoms with Gasteiger partial charge >= 0.3 is 0 Å². The van der Waals surface area contributed by atoms with Gasteiger partial charge < -0.3 is 9.45 Å². The third kappa shape index (κ3) is 6.12. The van der Waals surface area contributed by atoms with Crippen molar-refractivity contribution >= 4 is 12.0 Å². The van der Waals surface area contributed by atoms with Crippen LogP contribution in [0.4, 0.5) is 0 Å². The summed E-state index contributed by atoms with van der Waals surface area (Å²) in [6, 6.07) is 17.4. The van der Waals surface area contributed by atoms with Gasteiger partial charge in [0.1, 0.15) is 0 Å². The van der Waals surface area contributed by atoms with Crippen molar-refractivity contribution in [2.24, 2.45) is 0 Å². The number of likely N-dealkylation sites (N-methyl/N-ethyl adjacent to an activating group) is 1. The Balaban J connectivity index is 1.42. The van der Waals surface area contributed by atoms with Crippen LogP contribution in [0, 0.1) is 11.3 Å². The third-order valence-electron chi connectivity index (χ3n) is 6.71. The Labute approximate surface area is 196 Å². The highest BCUT2D eigenvalue weighted by atomic mass is 32.2. The second-order valence-corrected chi connectivity index (χ2v) is 10.1. The SMILES string of the molecule is CN1CCCN(Cc2ccc(-c3ccc(CN4CCCC(SO)C4)cc3)c(C#N)c2)CC1. The zero-order valence-electron chi connectivity index (χ0n) is 19.0. The molecule has 32 heavy (non-hydrogen) atoms. The molecule has 0 spiro atoms. The van der Waals surface area contributed by atoms with Gasteiger partial charge in [0, 0.05) is 38.0 Å². The molecule has 2 aliphatic rings. The molecule has 1 N–H and O–H groups in total. The van der Waals surface area contributed by atoms with Crippen molar-refractivity contribution in [2.75, 3.05) is 46.3 Å². The molecule has 5 nitrogen and oxygen atoms in total. The van der Waals surface area contributed by atoms with E-state index < -0.39 is 0 Å². The number of likely N-dealkylation sites (tertiary alicyclic amines) is 1. The molecule has 2 aromatic carbocycles. The quantitative estimate of drug-likeness (QED) is 0.653. The van der Waals surface area contributed by atoms with Crippen molar-refractivity contribution in [1.82, 2.24) is 14.7 Å². The van der Waals surface area contributed by atoms with Gasteiger partial charge in [0.05, 0.1) is 11.6 Å². The molecule has 4 rings (SSSR count). The summed E-state index contributed by atoms with van der Waals surface area (Å²) < 4.78 is 9.38. The van der Waals surface area contributed by atoms with Gasteiger partial charge in [0.2, 0.25) is 0 Å². The summed E-state index contributed by atoms with van der Waals surface area (Å²) in [5, 5.41) is 10.1. The first kappa shape index (κ1) is 23.3. The van der Waals surface area contributed by atoms with Crippen molar-refractivity contribution in [1.29, 1.82) is 5.26 Å². The number of nitriles is 1. The molecule has 0 radical (unpaired) electrons. The molecule has 2 fully saturated rings. The number of rotatable bonds is 6. The van der Waals surface area contributed by atoms with E-state index in [4.69, 9.17) is 0 Å². The molecule has 170 valence electrons. The largest absolute Gasteiger partial charge is 0.330 e. The highest BCUT2D eigenvalue weighted by molar-refractivity contribution is 7.94. The van der Waals surface area contributed by atoms with Crippen LogP contribution in [0.2, 0.25) is 0 Å². The van der Waals surface area contributed by atoms with Crippen molar-refractivity contribution in [3.8, 4) is 17.2 Å². The zero-order chi connectivity index (χ0) is 22.3. The molecule has 2 heterocycles.